The highest BCUT2D eigenvalue weighted by molar-refractivity contribution is 4.96. The second-order valence-corrected chi connectivity index (χ2v) is 6.22. The molecule has 4 unspecified atom stereocenters. The Balaban J connectivity index is 2.61. The van der Waals surface area contributed by atoms with E-state index in [2.05, 4.69) is 26.1 Å². The Morgan fingerprint density at radius 1 is 1.39 bits per heavy atom. The molecule has 4 nitrogen and oxygen atoms in total. The number of aliphatic hydroxyl groups is 1. The van der Waals surface area contributed by atoms with Crippen molar-refractivity contribution in [2.75, 3.05) is 13.2 Å². The first-order valence-electron chi connectivity index (χ1n) is 7.16. The van der Waals surface area contributed by atoms with Crippen LogP contribution in [0.5, 0.6) is 0 Å². The van der Waals surface area contributed by atoms with Gasteiger partial charge in [-0.3, -0.25) is 0 Å². The first kappa shape index (κ1) is 15.9. The third-order valence-corrected chi connectivity index (χ3v) is 3.89. The Hall–Kier alpha value is -0.160. The van der Waals surface area contributed by atoms with Gasteiger partial charge in [0.25, 0.3) is 0 Å². The fourth-order valence-corrected chi connectivity index (χ4v) is 2.85. The van der Waals surface area contributed by atoms with Crippen LogP contribution in [0.3, 0.4) is 0 Å². The minimum absolute atomic E-state index is 0.0263. The first-order chi connectivity index (χ1) is 8.38. The van der Waals surface area contributed by atoms with Gasteiger partial charge in [0.2, 0.25) is 0 Å². The van der Waals surface area contributed by atoms with E-state index in [1.807, 2.05) is 6.92 Å². The molecular formula is C14H30N2O2. The van der Waals surface area contributed by atoms with Crippen molar-refractivity contribution in [3.8, 4) is 0 Å². The lowest BCUT2D eigenvalue weighted by molar-refractivity contribution is -0.0523. The molecule has 0 spiro atoms. The monoisotopic (exact) mass is 258 g/mol. The summed E-state index contributed by atoms with van der Waals surface area (Å²) < 4.78 is 5.81. The summed E-state index contributed by atoms with van der Waals surface area (Å²) in [6.45, 7) is 9.73. The minimum atomic E-state index is -0.275. The van der Waals surface area contributed by atoms with Gasteiger partial charge in [-0.2, -0.15) is 0 Å². The average molecular weight is 258 g/mol. The van der Waals surface area contributed by atoms with Gasteiger partial charge in [0, 0.05) is 24.7 Å². The van der Waals surface area contributed by atoms with Crippen molar-refractivity contribution in [3.05, 3.63) is 0 Å². The molecule has 0 saturated carbocycles. The van der Waals surface area contributed by atoms with Gasteiger partial charge >= 0.3 is 0 Å². The Labute approximate surface area is 111 Å². The van der Waals surface area contributed by atoms with Gasteiger partial charge in [0.05, 0.1) is 12.2 Å². The van der Waals surface area contributed by atoms with Crippen LogP contribution in [-0.4, -0.2) is 42.0 Å². The predicted octanol–water partition coefficient (Wildman–Crippen LogP) is 1.27. The van der Waals surface area contributed by atoms with Crippen molar-refractivity contribution < 1.29 is 9.84 Å². The smallest absolute Gasteiger partial charge is 0.0616 e. The summed E-state index contributed by atoms with van der Waals surface area (Å²) in [5.41, 5.74) is 5.97. The molecule has 0 aliphatic carbocycles. The van der Waals surface area contributed by atoms with Crippen molar-refractivity contribution in [3.63, 3.8) is 0 Å². The zero-order chi connectivity index (χ0) is 13.8. The maximum absolute atomic E-state index is 9.45. The largest absolute Gasteiger partial charge is 0.393 e. The molecule has 1 heterocycles. The van der Waals surface area contributed by atoms with Crippen LogP contribution in [0.4, 0.5) is 0 Å². The summed E-state index contributed by atoms with van der Waals surface area (Å²) >= 11 is 0. The first-order valence-corrected chi connectivity index (χ1v) is 7.16. The lowest BCUT2D eigenvalue weighted by atomic mass is 9.82. The van der Waals surface area contributed by atoms with E-state index in [1.165, 1.54) is 0 Å². The highest BCUT2D eigenvalue weighted by Gasteiger charge is 2.37. The van der Waals surface area contributed by atoms with Gasteiger partial charge in [0.15, 0.2) is 0 Å². The quantitative estimate of drug-likeness (QED) is 0.671. The molecule has 4 heteroatoms. The minimum Gasteiger partial charge on any atom is -0.393 e. The van der Waals surface area contributed by atoms with Crippen LogP contribution in [0.15, 0.2) is 0 Å². The number of hydrogen-bond donors (Lipinski definition) is 3. The Morgan fingerprint density at radius 2 is 2.06 bits per heavy atom. The van der Waals surface area contributed by atoms with E-state index in [-0.39, 0.29) is 23.8 Å². The molecular weight excluding hydrogens is 228 g/mol. The molecule has 0 radical (unpaired) electrons. The third kappa shape index (κ3) is 4.50. The lowest BCUT2D eigenvalue weighted by Crippen LogP contribution is -2.59. The predicted molar refractivity (Wildman–Crippen MR) is 74.5 cm³/mol. The van der Waals surface area contributed by atoms with Crippen LogP contribution in [0, 0.1) is 5.92 Å². The van der Waals surface area contributed by atoms with Gasteiger partial charge < -0.3 is 20.9 Å². The summed E-state index contributed by atoms with van der Waals surface area (Å²) in [5, 5.41) is 13.1. The fourth-order valence-electron chi connectivity index (χ4n) is 2.85. The van der Waals surface area contributed by atoms with Crippen LogP contribution < -0.4 is 11.1 Å². The Morgan fingerprint density at radius 3 is 2.56 bits per heavy atom. The van der Waals surface area contributed by atoms with Crippen LogP contribution in [0.2, 0.25) is 0 Å². The van der Waals surface area contributed by atoms with Crippen LogP contribution in [0.25, 0.3) is 0 Å². The van der Waals surface area contributed by atoms with E-state index in [0.717, 1.165) is 25.9 Å². The average Bonchev–Trinajstić information content (AvgIpc) is 2.28. The molecule has 1 saturated heterocycles. The summed E-state index contributed by atoms with van der Waals surface area (Å²) in [6.07, 6.45) is 2.69. The van der Waals surface area contributed by atoms with E-state index in [4.69, 9.17) is 10.5 Å². The highest BCUT2D eigenvalue weighted by atomic mass is 16.5. The summed E-state index contributed by atoms with van der Waals surface area (Å²) in [4.78, 5) is 0. The van der Waals surface area contributed by atoms with Crippen molar-refractivity contribution in [2.45, 2.75) is 70.7 Å². The normalized spacial score (nSPS) is 32.5. The molecule has 1 rings (SSSR count). The molecule has 1 fully saturated rings. The van der Waals surface area contributed by atoms with Crippen LogP contribution >= 0.6 is 0 Å². The zero-order valence-electron chi connectivity index (χ0n) is 12.3. The lowest BCUT2D eigenvalue weighted by Gasteiger charge is -2.44. The van der Waals surface area contributed by atoms with Crippen molar-refractivity contribution >= 4 is 0 Å². The van der Waals surface area contributed by atoms with Crippen LogP contribution in [-0.2, 0) is 4.74 Å². The molecule has 1 aliphatic rings. The van der Waals surface area contributed by atoms with E-state index in [0.29, 0.717) is 12.5 Å². The van der Waals surface area contributed by atoms with Crippen LogP contribution in [0.1, 0.15) is 47.0 Å². The van der Waals surface area contributed by atoms with E-state index >= 15 is 0 Å². The second-order valence-electron chi connectivity index (χ2n) is 6.22. The molecule has 108 valence electrons. The zero-order valence-corrected chi connectivity index (χ0v) is 12.3. The number of ether oxygens (including phenoxy) is 1. The molecule has 0 aromatic heterocycles. The molecule has 4 N–H and O–H groups in total. The maximum Gasteiger partial charge on any atom is 0.0616 e. The number of nitrogens with one attached hydrogen (secondary N) is 1. The molecule has 0 aromatic rings. The highest BCUT2D eigenvalue weighted by Crippen LogP contribution is 2.28. The van der Waals surface area contributed by atoms with E-state index in [9.17, 15) is 5.11 Å². The molecule has 0 aromatic carbocycles. The second kappa shape index (κ2) is 6.85. The van der Waals surface area contributed by atoms with Gasteiger partial charge in [-0.25, -0.2) is 0 Å². The molecule has 0 bridgehead atoms. The molecule has 18 heavy (non-hydrogen) atoms. The van der Waals surface area contributed by atoms with Crippen molar-refractivity contribution in [2.24, 2.45) is 11.7 Å². The van der Waals surface area contributed by atoms with E-state index < -0.39 is 0 Å². The SMILES string of the molecule is CC(O)CC(C)NC1(CN)CCOC(C(C)C)C1. The summed E-state index contributed by atoms with van der Waals surface area (Å²) in [7, 11) is 0. The van der Waals surface area contributed by atoms with Gasteiger partial charge in [-0.1, -0.05) is 13.8 Å². The standard InChI is InChI=1S/C14H30N2O2/c1-10(2)13-8-14(9-15,5-6-18-13)16-11(3)7-12(4)17/h10-13,16-17H,5-9,15H2,1-4H3. The number of hydrogen-bond acceptors (Lipinski definition) is 4. The third-order valence-electron chi connectivity index (χ3n) is 3.89. The topological polar surface area (TPSA) is 67.5 Å². The van der Waals surface area contributed by atoms with Gasteiger partial charge in [0.1, 0.15) is 0 Å². The number of nitrogens with two attached hydrogens (primary N) is 1. The summed E-state index contributed by atoms with van der Waals surface area (Å²) in [6, 6.07) is 0.277. The van der Waals surface area contributed by atoms with E-state index in [1.54, 1.807) is 0 Å². The maximum atomic E-state index is 9.45. The number of rotatable bonds is 6. The van der Waals surface area contributed by atoms with Crippen molar-refractivity contribution in [1.82, 2.24) is 5.32 Å². The Bertz CT molecular complexity index is 246. The number of aliphatic hydroxyl groups excluding tert-OH is 1. The molecule has 0 amide bonds. The fraction of sp³-hybridized carbons (Fsp3) is 1.00. The Kier molecular flexibility index (Phi) is 6.05. The van der Waals surface area contributed by atoms with Crippen molar-refractivity contribution in [1.29, 1.82) is 0 Å². The van der Waals surface area contributed by atoms with Gasteiger partial charge in [-0.15, -0.1) is 0 Å². The summed E-state index contributed by atoms with van der Waals surface area (Å²) in [5.74, 6) is 0.519. The molecule has 4 atom stereocenters. The van der Waals surface area contributed by atoms with Gasteiger partial charge in [-0.05, 0) is 39.0 Å². The molecule has 1 aliphatic heterocycles.